The molecular weight excluding hydrogens is 355 g/mol. The van der Waals surface area contributed by atoms with Gasteiger partial charge in [-0.2, -0.15) is 0 Å². The Hall–Kier alpha value is -1.11. The van der Waals surface area contributed by atoms with Crippen LogP contribution in [0.5, 0.6) is 0 Å². The van der Waals surface area contributed by atoms with E-state index in [1.807, 2.05) is 6.08 Å². The summed E-state index contributed by atoms with van der Waals surface area (Å²) in [6, 6.07) is 9.15. The first kappa shape index (κ1) is 22.6. The second-order valence-electron chi connectivity index (χ2n) is 9.97. The Bertz CT molecular complexity index is 571. The second-order valence-corrected chi connectivity index (χ2v) is 9.97. The van der Waals surface area contributed by atoms with E-state index in [1.165, 1.54) is 88.2 Å². The lowest BCUT2D eigenvalue weighted by Gasteiger charge is -2.38. The van der Waals surface area contributed by atoms with E-state index >= 15 is 0 Å². The van der Waals surface area contributed by atoms with Gasteiger partial charge in [0.05, 0.1) is 6.67 Å². The lowest BCUT2D eigenvalue weighted by Crippen LogP contribution is -2.26. The maximum Gasteiger partial charge on any atom is 0.0928 e. The molecular formula is C28H43F. The molecule has 2 saturated carbocycles. The van der Waals surface area contributed by atoms with Crippen molar-refractivity contribution < 1.29 is 4.39 Å². The molecule has 29 heavy (non-hydrogen) atoms. The lowest BCUT2D eigenvalue weighted by molar-refractivity contribution is 0.141. The molecule has 1 aromatic rings. The molecule has 0 aromatic heterocycles. The van der Waals surface area contributed by atoms with E-state index in [-0.39, 0.29) is 6.67 Å². The minimum absolute atomic E-state index is 0.213. The fraction of sp³-hybridized carbons (Fsp3) is 0.714. The normalized spacial score (nSPS) is 28.1. The number of alkyl halides is 1. The van der Waals surface area contributed by atoms with E-state index in [2.05, 4.69) is 37.3 Å². The van der Waals surface area contributed by atoms with Gasteiger partial charge in [0.1, 0.15) is 0 Å². The predicted molar refractivity (Wildman–Crippen MR) is 124 cm³/mol. The van der Waals surface area contributed by atoms with Crippen molar-refractivity contribution in [2.75, 3.05) is 6.67 Å². The van der Waals surface area contributed by atoms with Crippen LogP contribution in [0, 0.1) is 30.6 Å². The second kappa shape index (κ2) is 12.6. The average molecular weight is 399 g/mol. The molecule has 0 spiro atoms. The van der Waals surface area contributed by atoms with Crippen molar-refractivity contribution in [1.29, 1.82) is 0 Å². The molecule has 0 radical (unpaired) electrons. The molecule has 0 nitrogen and oxygen atoms in total. The molecule has 162 valence electrons. The van der Waals surface area contributed by atoms with E-state index in [4.69, 9.17) is 0 Å². The van der Waals surface area contributed by atoms with Crippen LogP contribution >= 0.6 is 0 Å². The number of rotatable bonds is 10. The molecule has 0 atom stereocenters. The summed E-state index contributed by atoms with van der Waals surface area (Å²) in [6.45, 7) is 1.96. The van der Waals surface area contributed by atoms with Gasteiger partial charge in [0, 0.05) is 0 Å². The predicted octanol–water partition coefficient (Wildman–Crippen LogP) is 8.63. The van der Waals surface area contributed by atoms with Crippen molar-refractivity contribution in [1.82, 2.24) is 0 Å². The number of aryl methyl sites for hydroxylation is 2. The summed E-state index contributed by atoms with van der Waals surface area (Å²) in [6.07, 6.45) is 23.1. The summed E-state index contributed by atoms with van der Waals surface area (Å²) in [7, 11) is 0. The Balaban J connectivity index is 1.27. The van der Waals surface area contributed by atoms with Gasteiger partial charge in [0.25, 0.3) is 0 Å². The highest BCUT2D eigenvalue weighted by molar-refractivity contribution is 5.21. The van der Waals surface area contributed by atoms with E-state index in [0.717, 1.165) is 30.1 Å². The van der Waals surface area contributed by atoms with Gasteiger partial charge in [0.2, 0.25) is 0 Å². The number of hydrogen-bond donors (Lipinski definition) is 0. The summed E-state index contributed by atoms with van der Waals surface area (Å²) < 4.78 is 12.1. The molecule has 0 amide bonds. The summed E-state index contributed by atoms with van der Waals surface area (Å²) in [5, 5.41) is 0. The highest BCUT2D eigenvalue weighted by atomic mass is 19.1. The van der Waals surface area contributed by atoms with Crippen LogP contribution in [0.15, 0.2) is 36.4 Å². The fourth-order valence-electron chi connectivity index (χ4n) is 5.85. The Morgan fingerprint density at radius 2 is 1.31 bits per heavy atom. The van der Waals surface area contributed by atoms with Gasteiger partial charge >= 0.3 is 0 Å². The number of halogens is 1. The summed E-state index contributed by atoms with van der Waals surface area (Å²) in [4.78, 5) is 0. The van der Waals surface area contributed by atoms with Gasteiger partial charge in [-0.1, -0.05) is 74.1 Å². The Kier molecular flexibility index (Phi) is 9.77. The van der Waals surface area contributed by atoms with Crippen molar-refractivity contribution >= 4 is 0 Å². The fourth-order valence-corrected chi connectivity index (χ4v) is 5.85. The topological polar surface area (TPSA) is 0 Å². The zero-order valence-corrected chi connectivity index (χ0v) is 18.8. The van der Waals surface area contributed by atoms with Crippen LogP contribution in [0.1, 0.15) is 94.6 Å². The zero-order chi connectivity index (χ0) is 20.3. The number of allylic oxidation sites excluding steroid dienone is 2. The summed E-state index contributed by atoms with van der Waals surface area (Å²) >= 11 is 0. The van der Waals surface area contributed by atoms with E-state index in [1.54, 1.807) is 0 Å². The first-order valence-electron chi connectivity index (χ1n) is 12.5. The number of hydrogen-bond acceptors (Lipinski definition) is 0. The van der Waals surface area contributed by atoms with Crippen LogP contribution in [-0.4, -0.2) is 6.67 Å². The van der Waals surface area contributed by atoms with Crippen LogP contribution in [0.25, 0.3) is 0 Å². The van der Waals surface area contributed by atoms with Crippen LogP contribution in [0.4, 0.5) is 4.39 Å². The first-order valence-corrected chi connectivity index (χ1v) is 12.5. The van der Waals surface area contributed by atoms with E-state index < -0.39 is 0 Å². The smallest absolute Gasteiger partial charge is 0.0928 e. The molecule has 0 N–H and O–H groups in total. The van der Waals surface area contributed by atoms with Crippen LogP contribution < -0.4 is 0 Å². The molecule has 2 aliphatic carbocycles. The van der Waals surface area contributed by atoms with Gasteiger partial charge in [-0.25, -0.2) is 0 Å². The maximum absolute atomic E-state index is 12.1. The molecule has 2 fully saturated rings. The third-order valence-corrected chi connectivity index (χ3v) is 7.84. The molecule has 0 heterocycles. The monoisotopic (exact) mass is 398 g/mol. The van der Waals surface area contributed by atoms with Crippen LogP contribution in [-0.2, 0) is 6.42 Å². The van der Waals surface area contributed by atoms with Gasteiger partial charge in [-0.05, 0) is 93.9 Å². The van der Waals surface area contributed by atoms with Crippen LogP contribution in [0.2, 0.25) is 0 Å². The largest absolute Gasteiger partial charge is 0.251 e. The maximum atomic E-state index is 12.1. The van der Waals surface area contributed by atoms with Gasteiger partial charge in [0.15, 0.2) is 0 Å². The SMILES string of the molecule is Cc1ccc(CCC2CCC(C3CCC(CCC/C=C/CCF)CC3)CC2)cc1. The molecule has 1 heteroatoms. The zero-order valence-electron chi connectivity index (χ0n) is 18.8. The number of benzene rings is 1. The van der Waals surface area contributed by atoms with Crippen molar-refractivity contribution in [2.24, 2.45) is 23.7 Å². The molecule has 2 aliphatic rings. The minimum atomic E-state index is -0.213. The minimum Gasteiger partial charge on any atom is -0.251 e. The quantitative estimate of drug-likeness (QED) is 0.273. The standard InChI is InChI=1S/C28H43F/c1-23-8-10-25(11-9-23)12-13-26-16-20-28(21-17-26)27-18-14-24(15-19-27)7-5-3-2-4-6-22-29/h2,4,8-11,24,26-28H,3,5-7,12-22H2,1H3/b4-2+. The highest BCUT2D eigenvalue weighted by Gasteiger charge is 2.30. The van der Waals surface area contributed by atoms with Crippen LogP contribution in [0.3, 0.4) is 0 Å². The van der Waals surface area contributed by atoms with E-state index in [0.29, 0.717) is 6.42 Å². The molecule has 0 saturated heterocycles. The molecule has 1 aromatic carbocycles. The average Bonchev–Trinajstić information content (AvgIpc) is 2.77. The van der Waals surface area contributed by atoms with E-state index in [9.17, 15) is 4.39 Å². The lowest BCUT2D eigenvalue weighted by atomic mass is 9.68. The molecule has 3 rings (SSSR count). The summed E-state index contributed by atoms with van der Waals surface area (Å²) in [5.41, 5.74) is 2.89. The van der Waals surface area contributed by atoms with Gasteiger partial charge in [-0.3, -0.25) is 4.39 Å². The third-order valence-electron chi connectivity index (χ3n) is 7.84. The molecule has 0 aliphatic heterocycles. The van der Waals surface area contributed by atoms with Gasteiger partial charge in [-0.15, -0.1) is 0 Å². The number of unbranched alkanes of at least 4 members (excludes halogenated alkanes) is 1. The Morgan fingerprint density at radius 1 is 0.759 bits per heavy atom. The molecule has 0 bridgehead atoms. The van der Waals surface area contributed by atoms with Gasteiger partial charge < -0.3 is 0 Å². The van der Waals surface area contributed by atoms with Crippen molar-refractivity contribution in [3.63, 3.8) is 0 Å². The first-order chi connectivity index (χ1) is 14.2. The summed E-state index contributed by atoms with van der Waals surface area (Å²) in [5.74, 6) is 3.98. The highest BCUT2D eigenvalue weighted by Crippen LogP contribution is 2.43. The Morgan fingerprint density at radius 3 is 1.90 bits per heavy atom. The Labute approximate surface area is 179 Å². The third kappa shape index (κ3) is 7.91. The van der Waals surface area contributed by atoms with Crippen molar-refractivity contribution in [2.45, 2.75) is 96.8 Å². The van der Waals surface area contributed by atoms with Crippen molar-refractivity contribution in [3.05, 3.63) is 47.5 Å². The van der Waals surface area contributed by atoms with Crippen molar-refractivity contribution in [3.8, 4) is 0 Å². The molecule has 0 unspecified atom stereocenters.